The maximum Gasteiger partial charge on any atom is 0.410 e. The smallest absolute Gasteiger partial charge is 0.410 e. The summed E-state index contributed by atoms with van der Waals surface area (Å²) in [6.07, 6.45) is 3.88. The molecule has 22 heavy (non-hydrogen) atoms. The predicted molar refractivity (Wildman–Crippen MR) is 81.3 cm³/mol. The molecule has 1 aromatic rings. The molecule has 0 saturated carbocycles. The van der Waals surface area contributed by atoms with Crippen molar-refractivity contribution in [2.24, 2.45) is 0 Å². The SMILES string of the molecule is C[NH+]1CCC(OC(=O)N2CCCC2)(c2ccccc2)CC1.[Cl-]. The Hall–Kier alpha value is -1.26. The number of halogens is 1. The number of nitrogens with one attached hydrogen (secondary N) is 1. The van der Waals surface area contributed by atoms with Gasteiger partial charge in [-0.3, -0.25) is 0 Å². The Bertz CT molecular complexity index is 481. The second kappa shape index (κ2) is 7.34. The van der Waals surface area contributed by atoms with Crippen LogP contribution in [0, 0.1) is 0 Å². The first-order valence-electron chi connectivity index (χ1n) is 8.04. The molecule has 0 aromatic heterocycles. The van der Waals surface area contributed by atoms with Crippen LogP contribution in [0.5, 0.6) is 0 Å². The lowest BCUT2D eigenvalue weighted by Gasteiger charge is -2.39. The summed E-state index contributed by atoms with van der Waals surface area (Å²) in [7, 11) is 2.21. The lowest BCUT2D eigenvalue weighted by molar-refractivity contribution is -0.887. The Morgan fingerprint density at radius 1 is 1.14 bits per heavy atom. The number of piperidine rings is 1. The molecule has 1 N–H and O–H groups in total. The minimum absolute atomic E-state index is 0. The normalized spacial score (nSPS) is 28.0. The van der Waals surface area contributed by atoms with Crippen molar-refractivity contribution in [3.8, 4) is 0 Å². The number of benzene rings is 1. The van der Waals surface area contributed by atoms with Crippen LogP contribution in [0.1, 0.15) is 31.2 Å². The van der Waals surface area contributed by atoms with E-state index in [-0.39, 0.29) is 18.5 Å². The lowest BCUT2D eigenvalue weighted by Crippen LogP contribution is -3.10. The van der Waals surface area contributed by atoms with E-state index in [0.717, 1.165) is 57.4 Å². The first-order valence-corrected chi connectivity index (χ1v) is 8.04. The second-order valence-electron chi connectivity index (χ2n) is 6.38. The molecular weight excluding hydrogens is 300 g/mol. The molecule has 0 bridgehead atoms. The number of ether oxygens (including phenoxy) is 1. The van der Waals surface area contributed by atoms with Crippen molar-refractivity contribution in [3.63, 3.8) is 0 Å². The molecule has 2 aliphatic rings. The number of rotatable bonds is 2. The third-order valence-corrected chi connectivity index (χ3v) is 4.86. The lowest BCUT2D eigenvalue weighted by atomic mass is 9.84. The van der Waals surface area contributed by atoms with Crippen LogP contribution < -0.4 is 17.3 Å². The van der Waals surface area contributed by atoms with Gasteiger partial charge in [0.05, 0.1) is 20.1 Å². The molecule has 0 radical (unpaired) electrons. The average Bonchev–Trinajstić information content (AvgIpc) is 3.05. The van der Waals surface area contributed by atoms with Gasteiger partial charge >= 0.3 is 6.09 Å². The molecule has 0 unspecified atom stereocenters. The fourth-order valence-corrected chi connectivity index (χ4v) is 3.40. The largest absolute Gasteiger partial charge is 1.00 e. The van der Waals surface area contributed by atoms with E-state index in [0.29, 0.717) is 0 Å². The Morgan fingerprint density at radius 3 is 2.32 bits per heavy atom. The molecule has 122 valence electrons. The molecule has 3 rings (SSSR count). The molecule has 0 spiro atoms. The zero-order valence-corrected chi connectivity index (χ0v) is 13.9. The molecule has 5 heteroatoms. The van der Waals surface area contributed by atoms with Crippen molar-refractivity contribution in [2.45, 2.75) is 31.3 Å². The van der Waals surface area contributed by atoms with Crippen LogP contribution in [0.2, 0.25) is 0 Å². The van der Waals surface area contributed by atoms with E-state index in [4.69, 9.17) is 4.74 Å². The van der Waals surface area contributed by atoms with E-state index in [2.05, 4.69) is 19.2 Å². The summed E-state index contributed by atoms with van der Waals surface area (Å²) in [5, 5.41) is 0. The molecule has 2 saturated heterocycles. The van der Waals surface area contributed by atoms with Crippen LogP contribution in [0.25, 0.3) is 0 Å². The van der Waals surface area contributed by atoms with E-state index in [1.807, 2.05) is 23.1 Å². The second-order valence-corrected chi connectivity index (χ2v) is 6.38. The summed E-state index contributed by atoms with van der Waals surface area (Å²) < 4.78 is 6.07. The number of nitrogens with zero attached hydrogens (tertiary/aromatic N) is 1. The van der Waals surface area contributed by atoms with Crippen LogP contribution in [0.4, 0.5) is 4.79 Å². The van der Waals surface area contributed by atoms with Crippen molar-refractivity contribution in [2.75, 3.05) is 33.2 Å². The van der Waals surface area contributed by atoms with Crippen molar-refractivity contribution in [3.05, 3.63) is 35.9 Å². The summed E-state index contributed by atoms with van der Waals surface area (Å²) in [4.78, 5) is 15.8. The number of carbonyl (C=O) groups excluding carboxylic acids is 1. The van der Waals surface area contributed by atoms with E-state index >= 15 is 0 Å². The number of hydrogen-bond acceptors (Lipinski definition) is 2. The van der Waals surface area contributed by atoms with Gasteiger partial charge in [0.25, 0.3) is 0 Å². The van der Waals surface area contributed by atoms with Crippen molar-refractivity contribution < 1.29 is 26.8 Å². The molecule has 1 amide bonds. The van der Waals surface area contributed by atoms with Gasteiger partial charge in [0.15, 0.2) is 0 Å². The number of quaternary nitrogens is 1. The zero-order chi connectivity index (χ0) is 14.7. The predicted octanol–water partition coefficient (Wildman–Crippen LogP) is -1.57. The van der Waals surface area contributed by atoms with Gasteiger partial charge in [0.2, 0.25) is 0 Å². The van der Waals surface area contributed by atoms with Gasteiger partial charge in [-0.25, -0.2) is 4.79 Å². The monoisotopic (exact) mass is 324 g/mol. The Balaban J connectivity index is 0.00000176. The minimum Gasteiger partial charge on any atom is -1.00 e. The fourth-order valence-electron chi connectivity index (χ4n) is 3.40. The van der Waals surface area contributed by atoms with Crippen LogP contribution >= 0.6 is 0 Å². The van der Waals surface area contributed by atoms with Gasteiger partial charge in [0.1, 0.15) is 5.60 Å². The van der Waals surface area contributed by atoms with Gasteiger partial charge in [-0.05, 0) is 18.4 Å². The van der Waals surface area contributed by atoms with Crippen LogP contribution in [0.3, 0.4) is 0 Å². The van der Waals surface area contributed by atoms with E-state index < -0.39 is 5.60 Å². The molecular formula is C17H25ClN2O2. The number of hydrogen-bond donors (Lipinski definition) is 1. The van der Waals surface area contributed by atoms with Crippen molar-refractivity contribution in [1.29, 1.82) is 0 Å². The summed E-state index contributed by atoms with van der Waals surface area (Å²) in [6, 6.07) is 10.3. The van der Waals surface area contributed by atoms with Crippen LogP contribution in [-0.2, 0) is 10.3 Å². The first kappa shape index (κ1) is 17.1. The molecule has 2 fully saturated rings. The van der Waals surface area contributed by atoms with Gasteiger partial charge in [-0.15, -0.1) is 0 Å². The van der Waals surface area contributed by atoms with Gasteiger partial charge < -0.3 is 26.9 Å². The molecule has 0 aliphatic carbocycles. The highest BCUT2D eigenvalue weighted by Gasteiger charge is 2.42. The standard InChI is InChI=1S/C17H24N2O2.ClH/c1-18-13-9-17(10-14-18,15-7-3-2-4-8-15)21-16(20)19-11-5-6-12-19;/h2-4,7-8H,5-6,9-14H2,1H3;1H. The average molecular weight is 325 g/mol. The maximum atomic E-state index is 12.5. The molecule has 0 atom stereocenters. The van der Waals surface area contributed by atoms with Gasteiger partial charge in [0, 0.05) is 25.9 Å². The Labute approximate surface area is 138 Å². The van der Waals surface area contributed by atoms with E-state index in [9.17, 15) is 4.79 Å². The molecule has 2 heterocycles. The van der Waals surface area contributed by atoms with Crippen LogP contribution in [-0.4, -0.2) is 44.2 Å². The molecule has 1 aromatic carbocycles. The number of likely N-dealkylation sites (tertiary alicyclic amines) is 2. The summed E-state index contributed by atoms with van der Waals surface area (Å²) in [5.74, 6) is 0. The quantitative estimate of drug-likeness (QED) is 0.713. The van der Waals surface area contributed by atoms with E-state index in [1.165, 1.54) is 4.90 Å². The minimum atomic E-state index is -0.430. The highest BCUT2D eigenvalue weighted by Crippen LogP contribution is 2.34. The van der Waals surface area contributed by atoms with E-state index in [1.54, 1.807) is 0 Å². The third kappa shape index (κ3) is 3.55. The third-order valence-electron chi connectivity index (χ3n) is 4.86. The van der Waals surface area contributed by atoms with Crippen LogP contribution in [0.15, 0.2) is 30.3 Å². The Morgan fingerprint density at radius 2 is 1.73 bits per heavy atom. The first-order chi connectivity index (χ1) is 10.2. The molecule has 4 nitrogen and oxygen atoms in total. The number of amides is 1. The molecule has 2 aliphatic heterocycles. The number of carbonyl (C=O) groups is 1. The topological polar surface area (TPSA) is 34.0 Å². The summed E-state index contributed by atoms with van der Waals surface area (Å²) in [6.45, 7) is 3.77. The Kier molecular flexibility index (Phi) is 5.70. The zero-order valence-electron chi connectivity index (χ0n) is 13.2. The highest BCUT2D eigenvalue weighted by atomic mass is 35.5. The fraction of sp³-hybridized carbons (Fsp3) is 0.588. The maximum absolute atomic E-state index is 12.5. The summed E-state index contributed by atoms with van der Waals surface area (Å²) >= 11 is 0. The van der Waals surface area contributed by atoms with Crippen molar-refractivity contribution >= 4 is 6.09 Å². The van der Waals surface area contributed by atoms with Crippen molar-refractivity contribution in [1.82, 2.24) is 4.90 Å². The summed E-state index contributed by atoms with van der Waals surface area (Å²) in [5.41, 5.74) is 0.713. The highest BCUT2D eigenvalue weighted by molar-refractivity contribution is 5.68. The van der Waals surface area contributed by atoms with Gasteiger partial charge in [-0.1, -0.05) is 30.3 Å². The van der Waals surface area contributed by atoms with Gasteiger partial charge in [-0.2, -0.15) is 0 Å².